The zero-order chi connectivity index (χ0) is 22.1. The van der Waals surface area contributed by atoms with Gasteiger partial charge in [0.25, 0.3) is 0 Å². The van der Waals surface area contributed by atoms with Crippen molar-refractivity contribution < 1.29 is 9.59 Å². The summed E-state index contributed by atoms with van der Waals surface area (Å²) in [6.07, 6.45) is 2.83. The molecule has 3 atom stereocenters. The van der Waals surface area contributed by atoms with Crippen LogP contribution in [-0.2, 0) is 24.2 Å². The van der Waals surface area contributed by atoms with Gasteiger partial charge in [-0.2, -0.15) is 0 Å². The van der Waals surface area contributed by atoms with Gasteiger partial charge in [-0.05, 0) is 47.9 Å². The van der Waals surface area contributed by atoms with Crippen molar-refractivity contribution in [3.05, 3.63) is 71.3 Å². The lowest BCUT2D eigenvalue weighted by atomic mass is 9.93. The molecule has 2 fully saturated rings. The normalized spacial score (nSPS) is 24.9. The Morgan fingerprint density at radius 2 is 1.53 bits per heavy atom. The molecular weight excluding hydrogens is 400 g/mol. The minimum absolute atomic E-state index is 0.0586. The van der Waals surface area contributed by atoms with E-state index in [1.807, 2.05) is 23.1 Å². The molecule has 2 saturated heterocycles. The molecule has 0 aromatic heterocycles. The van der Waals surface area contributed by atoms with E-state index in [-0.39, 0.29) is 5.91 Å². The summed E-state index contributed by atoms with van der Waals surface area (Å²) in [7, 11) is 0. The van der Waals surface area contributed by atoms with Crippen LogP contribution >= 0.6 is 0 Å². The number of fused-ring (bicyclic) bond motifs is 2. The fourth-order valence-electron chi connectivity index (χ4n) is 5.79. The second-order valence-electron chi connectivity index (χ2n) is 9.57. The number of rotatable bonds is 5. The summed E-state index contributed by atoms with van der Waals surface area (Å²) in [5.74, 6) is 1.13. The van der Waals surface area contributed by atoms with Crippen LogP contribution in [0.25, 0.3) is 0 Å². The van der Waals surface area contributed by atoms with Crippen molar-refractivity contribution >= 4 is 11.9 Å². The smallest absolute Gasteiger partial charge is 0.315 e. The molecule has 3 amide bonds. The first-order chi connectivity index (χ1) is 15.6. The van der Waals surface area contributed by atoms with Crippen LogP contribution in [-0.4, -0.2) is 65.4 Å². The summed E-state index contributed by atoms with van der Waals surface area (Å²) >= 11 is 0. The highest BCUT2D eigenvalue weighted by atomic mass is 16.2. The maximum atomic E-state index is 13.4. The SMILES string of the molecule is NC(=O)N1Cc2ccccc2C[C@H]1C(=O)N1CC2CN(CCCc3ccccc3)CC2C1. The number of primary amides is 1. The Bertz CT molecular complexity index is 965. The first-order valence-corrected chi connectivity index (χ1v) is 11.8. The number of likely N-dealkylation sites (tertiary alicyclic amines) is 2. The monoisotopic (exact) mass is 432 g/mol. The van der Waals surface area contributed by atoms with Crippen LogP contribution in [0.3, 0.4) is 0 Å². The first-order valence-electron chi connectivity index (χ1n) is 11.8. The molecule has 0 radical (unpaired) electrons. The van der Waals surface area contributed by atoms with Crippen molar-refractivity contribution in [3.8, 4) is 0 Å². The summed E-state index contributed by atoms with van der Waals surface area (Å²) in [5, 5.41) is 0. The Balaban J connectivity index is 1.16. The Labute approximate surface area is 190 Å². The molecule has 5 rings (SSSR count). The molecule has 2 aromatic carbocycles. The lowest BCUT2D eigenvalue weighted by Gasteiger charge is -2.37. The van der Waals surface area contributed by atoms with E-state index < -0.39 is 12.1 Å². The topological polar surface area (TPSA) is 69.9 Å². The minimum Gasteiger partial charge on any atom is -0.351 e. The Kier molecular flexibility index (Phi) is 5.87. The van der Waals surface area contributed by atoms with Crippen LogP contribution in [0.4, 0.5) is 4.79 Å². The highest BCUT2D eigenvalue weighted by Crippen LogP contribution is 2.33. The van der Waals surface area contributed by atoms with E-state index >= 15 is 0 Å². The van der Waals surface area contributed by atoms with E-state index in [9.17, 15) is 9.59 Å². The molecule has 2 N–H and O–H groups in total. The second kappa shape index (κ2) is 8.94. The van der Waals surface area contributed by atoms with Gasteiger partial charge in [0, 0.05) is 39.1 Å². The maximum absolute atomic E-state index is 13.4. The van der Waals surface area contributed by atoms with Gasteiger partial charge in [-0.15, -0.1) is 0 Å². The molecule has 3 aliphatic heterocycles. The Morgan fingerprint density at radius 3 is 2.22 bits per heavy atom. The number of carbonyl (C=O) groups is 2. The highest BCUT2D eigenvalue weighted by molar-refractivity contribution is 5.87. The van der Waals surface area contributed by atoms with Gasteiger partial charge in [-0.3, -0.25) is 4.79 Å². The Hall–Kier alpha value is -2.86. The number of nitrogens with zero attached hydrogens (tertiary/aromatic N) is 3. The van der Waals surface area contributed by atoms with E-state index in [0.717, 1.165) is 50.3 Å². The van der Waals surface area contributed by atoms with E-state index in [0.29, 0.717) is 24.8 Å². The van der Waals surface area contributed by atoms with Crippen molar-refractivity contribution in [1.82, 2.24) is 14.7 Å². The van der Waals surface area contributed by atoms with E-state index in [4.69, 9.17) is 5.73 Å². The summed E-state index contributed by atoms with van der Waals surface area (Å²) in [6, 6.07) is 17.7. The highest BCUT2D eigenvalue weighted by Gasteiger charge is 2.44. The molecule has 6 nitrogen and oxygen atoms in total. The van der Waals surface area contributed by atoms with Crippen LogP contribution in [0.1, 0.15) is 23.1 Å². The molecule has 2 unspecified atom stereocenters. The summed E-state index contributed by atoms with van der Waals surface area (Å²) < 4.78 is 0. The zero-order valence-corrected chi connectivity index (χ0v) is 18.5. The van der Waals surface area contributed by atoms with E-state index in [1.54, 1.807) is 4.90 Å². The van der Waals surface area contributed by atoms with Crippen LogP contribution in [0, 0.1) is 11.8 Å². The lowest BCUT2D eigenvalue weighted by molar-refractivity contribution is -0.135. The molecule has 3 aliphatic rings. The quantitative estimate of drug-likeness (QED) is 0.789. The van der Waals surface area contributed by atoms with Crippen LogP contribution in [0.2, 0.25) is 0 Å². The third kappa shape index (κ3) is 4.24. The summed E-state index contributed by atoms with van der Waals surface area (Å²) in [4.78, 5) is 31.6. The number of urea groups is 1. The van der Waals surface area contributed by atoms with E-state index in [1.165, 1.54) is 12.0 Å². The van der Waals surface area contributed by atoms with Crippen LogP contribution in [0.5, 0.6) is 0 Å². The molecule has 0 aliphatic carbocycles. The van der Waals surface area contributed by atoms with Crippen molar-refractivity contribution in [1.29, 1.82) is 0 Å². The predicted octanol–water partition coefficient (Wildman–Crippen LogP) is 2.52. The number of amides is 3. The molecule has 168 valence electrons. The number of aryl methyl sites for hydroxylation is 1. The summed E-state index contributed by atoms with van der Waals surface area (Å²) in [5.41, 5.74) is 9.29. The largest absolute Gasteiger partial charge is 0.351 e. The van der Waals surface area contributed by atoms with Gasteiger partial charge in [0.15, 0.2) is 0 Å². The van der Waals surface area contributed by atoms with Gasteiger partial charge in [-0.25, -0.2) is 4.79 Å². The molecule has 0 bridgehead atoms. The summed E-state index contributed by atoms with van der Waals surface area (Å²) in [6.45, 7) is 5.25. The molecule has 2 aromatic rings. The predicted molar refractivity (Wildman–Crippen MR) is 124 cm³/mol. The van der Waals surface area contributed by atoms with Crippen LogP contribution < -0.4 is 5.73 Å². The lowest BCUT2D eigenvalue weighted by Crippen LogP contribution is -2.55. The van der Waals surface area contributed by atoms with Gasteiger partial charge in [0.05, 0.1) is 0 Å². The minimum atomic E-state index is -0.512. The van der Waals surface area contributed by atoms with E-state index in [2.05, 4.69) is 41.3 Å². The molecule has 0 saturated carbocycles. The first kappa shape index (κ1) is 21.0. The van der Waals surface area contributed by atoms with Crippen molar-refractivity contribution in [2.24, 2.45) is 17.6 Å². The van der Waals surface area contributed by atoms with Gasteiger partial charge < -0.3 is 20.4 Å². The molecule has 6 heteroatoms. The number of benzene rings is 2. The van der Waals surface area contributed by atoms with Crippen molar-refractivity contribution in [2.75, 3.05) is 32.7 Å². The molecule has 3 heterocycles. The second-order valence-corrected chi connectivity index (χ2v) is 9.57. The number of nitrogens with two attached hydrogens (primary N) is 1. The van der Waals surface area contributed by atoms with Gasteiger partial charge >= 0.3 is 6.03 Å². The standard InChI is InChI=1S/C26H32N4O2/c27-26(32)30-18-21-11-5-4-10-20(21)13-24(30)25(31)29-16-22-14-28(15-23(22)17-29)12-6-9-19-7-2-1-3-8-19/h1-5,7-8,10-11,22-24H,6,9,12-18H2,(H2,27,32)/t22?,23?,24-/m0/s1. The van der Waals surface area contributed by atoms with Crippen molar-refractivity contribution in [3.63, 3.8) is 0 Å². The number of hydrogen-bond donors (Lipinski definition) is 1. The fraction of sp³-hybridized carbons (Fsp3) is 0.462. The maximum Gasteiger partial charge on any atom is 0.315 e. The van der Waals surface area contributed by atoms with Gasteiger partial charge in [0.1, 0.15) is 6.04 Å². The average molecular weight is 433 g/mol. The molecular formula is C26H32N4O2. The zero-order valence-electron chi connectivity index (χ0n) is 18.5. The van der Waals surface area contributed by atoms with Gasteiger partial charge in [0.2, 0.25) is 5.91 Å². The third-order valence-corrected chi connectivity index (χ3v) is 7.47. The Morgan fingerprint density at radius 1 is 0.875 bits per heavy atom. The molecule has 0 spiro atoms. The van der Waals surface area contributed by atoms with Gasteiger partial charge in [-0.1, -0.05) is 54.6 Å². The number of carbonyl (C=O) groups excluding carboxylic acids is 2. The van der Waals surface area contributed by atoms with Crippen molar-refractivity contribution in [2.45, 2.75) is 31.8 Å². The molecule has 32 heavy (non-hydrogen) atoms. The fourth-order valence-corrected chi connectivity index (χ4v) is 5.79. The number of hydrogen-bond acceptors (Lipinski definition) is 3. The van der Waals surface area contributed by atoms with Crippen LogP contribution in [0.15, 0.2) is 54.6 Å². The average Bonchev–Trinajstić information content (AvgIpc) is 3.37. The third-order valence-electron chi connectivity index (χ3n) is 7.47.